The largest absolute Gasteiger partial charge is 0.490 e. The predicted octanol–water partition coefficient (Wildman–Crippen LogP) is 5.56. The van der Waals surface area contributed by atoms with E-state index >= 15 is 0 Å². The van der Waals surface area contributed by atoms with Gasteiger partial charge in [0.1, 0.15) is 6.61 Å². The van der Waals surface area contributed by atoms with Crippen molar-refractivity contribution in [3.05, 3.63) is 93.5 Å². The first-order valence-corrected chi connectivity index (χ1v) is 10.9. The molecule has 3 rings (SSSR count). The number of nitrogens with one attached hydrogen (secondary N) is 1. The minimum Gasteiger partial charge on any atom is -0.490 e. The highest BCUT2D eigenvalue weighted by Crippen LogP contribution is 2.37. The first kappa shape index (κ1) is 22.3. The maximum Gasteiger partial charge on any atom is 0.175 e. The van der Waals surface area contributed by atoms with Crippen LogP contribution in [0.15, 0.2) is 71.2 Å². The summed E-state index contributed by atoms with van der Waals surface area (Å²) in [7, 11) is 0. The number of aliphatic hydroxyl groups excluding tert-OH is 1. The molecule has 0 aliphatic rings. The molecule has 0 radical (unpaired) electrons. The summed E-state index contributed by atoms with van der Waals surface area (Å²) in [5.74, 6) is 1.41. The Labute approximate surface area is 187 Å². The molecular weight excluding hydrogens is 442 g/mol. The van der Waals surface area contributed by atoms with Gasteiger partial charge in [-0.05, 0) is 64.2 Å². The fraction of sp³-hybridized carbons (Fsp3) is 0.280. The monoisotopic (exact) mass is 469 g/mol. The van der Waals surface area contributed by atoms with Crippen molar-refractivity contribution in [1.29, 1.82) is 0 Å². The van der Waals surface area contributed by atoms with Gasteiger partial charge in [0.15, 0.2) is 11.5 Å². The van der Waals surface area contributed by atoms with Crippen molar-refractivity contribution < 1.29 is 14.6 Å². The number of halogens is 1. The Hall–Kier alpha value is -2.34. The van der Waals surface area contributed by atoms with Gasteiger partial charge in [-0.3, -0.25) is 0 Å². The van der Waals surface area contributed by atoms with E-state index in [1.165, 1.54) is 5.56 Å². The zero-order valence-corrected chi connectivity index (χ0v) is 19.0. The second-order valence-corrected chi connectivity index (χ2v) is 7.96. The molecule has 30 heavy (non-hydrogen) atoms. The zero-order valence-electron chi connectivity index (χ0n) is 17.4. The Kier molecular flexibility index (Phi) is 8.31. The van der Waals surface area contributed by atoms with Gasteiger partial charge in [-0.15, -0.1) is 0 Å². The van der Waals surface area contributed by atoms with Crippen LogP contribution >= 0.6 is 15.9 Å². The van der Waals surface area contributed by atoms with Crippen LogP contribution < -0.4 is 14.8 Å². The summed E-state index contributed by atoms with van der Waals surface area (Å²) in [5.41, 5.74) is 4.30. The molecule has 158 valence electrons. The molecule has 5 heteroatoms. The summed E-state index contributed by atoms with van der Waals surface area (Å²) in [6, 6.07) is 21.9. The van der Waals surface area contributed by atoms with Crippen LogP contribution in [-0.2, 0) is 13.2 Å². The molecule has 0 unspecified atom stereocenters. The molecule has 0 saturated heterocycles. The second kappa shape index (κ2) is 11.2. The van der Waals surface area contributed by atoms with E-state index in [1.807, 2.05) is 61.5 Å². The van der Waals surface area contributed by atoms with Crippen molar-refractivity contribution in [3.8, 4) is 11.5 Å². The van der Waals surface area contributed by atoms with E-state index in [1.54, 1.807) is 0 Å². The zero-order chi connectivity index (χ0) is 21.3. The number of ether oxygens (including phenoxy) is 2. The van der Waals surface area contributed by atoms with Crippen LogP contribution in [-0.4, -0.2) is 18.3 Å². The van der Waals surface area contributed by atoms with Crippen molar-refractivity contribution in [3.63, 3.8) is 0 Å². The molecule has 3 aromatic carbocycles. The molecule has 0 aromatic heterocycles. The van der Waals surface area contributed by atoms with Gasteiger partial charge in [0.25, 0.3) is 0 Å². The van der Waals surface area contributed by atoms with Gasteiger partial charge in [-0.1, -0.05) is 54.6 Å². The molecule has 4 nitrogen and oxygen atoms in total. The molecule has 0 aliphatic heterocycles. The Morgan fingerprint density at radius 2 is 1.73 bits per heavy atom. The highest BCUT2D eigenvalue weighted by atomic mass is 79.9. The Balaban J connectivity index is 1.65. The standard InChI is InChI=1S/C25H28BrNO3/c1-3-29-24-14-19(15-27-16-23(28)20-10-5-4-6-11-20)13-22(26)25(24)30-17-21-12-8-7-9-18(21)2/h4-14,23,27-28H,3,15-17H2,1-2H3/t23-/m1/s1. The number of hydrogen-bond acceptors (Lipinski definition) is 4. The van der Waals surface area contributed by atoms with Crippen LogP contribution in [0.3, 0.4) is 0 Å². The van der Waals surface area contributed by atoms with E-state index in [0.717, 1.165) is 21.2 Å². The van der Waals surface area contributed by atoms with Crippen LogP contribution in [0.25, 0.3) is 0 Å². The highest BCUT2D eigenvalue weighted by Gasteiger charge is 2.14. The predicted molar refractivity (Wildman–Crippen MR) is 124 cm³/mol. The lowest BCUT2D eigenvalue weighted by atomic mass is 10.1. The molecule has 0 bridgehead atoms. The van der Waals surface area contributed by atoms with Gasteiger partial charge in [0.2, 0.25) is 0 Å². The molecule has 0 fully saturated rings. The molecule has 0 saturated carbocycles. The highest BCUT2D eigenvalue weighted by molar-refractivity contribution is 9.10. The van der Waals surface area contributed by atoms with Gasteiger partial charge in [0, 0.05) is 13.1 Å². The summed E-state index contributed by atoms with van der Waals surface area (Å²) >= 11 is 3.64. The molecule has 0 heterocycles. The third-order valence-corrected chi connectivity index (χ3v) is 5.44. The fourth-order valence-electron chi connectivity index (χ4n) is 3.19. The van der Waals surface area contributed by atoms with Crippen LogP contribution in [0.1, 0.15) is 35.3 Å². The van der Waals surface area contributed by atoms with Gasteiger partial charge < -0.3 is 19.9 Å². The first-order valence-electron chi connectivity index (χ1n) is 10.1. The van der Waals surface area contributed by atoms with Gasteiger partial charge in [-0.2, -0.15) is 0 Å². The number of aliphatic hydroxyl groups is 1. The van der Waals surface area contributed by atoms with E-state index in [2.05, 4.69) is 40.3 Å². The van der Waals surface area contributed by atoms with Crippen molar-refractivity contribution >= 4 is 15.9 Å². The summed E-state index contributed by atoms with van der Waals surface area (Å²) in [4.78, 5) is 0. The lowest BCUT2D eigenvalue weighted by Crippen LogP contribution is -2.21. The molecule has 0 aliphatic carbocycles. The van der Waals surface area contributed by atoms with E-state index in [9.17, 15) is 5.11 Å². The third-order valence-electron chi connectivity index (χ3n) is 4.85. The van der Waals surface area contributed by atoms with Crippen molar-refractivity contribution in [1.82, 2.24) is 5.32 Å². The SMILES string of the molecule is CCOc1cc(CNC[C@@H](O)c2ccccc2)cc(Br)c1OCc1ccccc1C. The van der Waals surface area contributed by atoms with Gasteiger partial charge in [0.05, 0.1) is 17.2 Å². The molecule has 0 spiro atoms. The van der Waals surface area contributed by atoms with Crippen molar-refractivity contribution in [2.45, 2.75) is 33.1 Å². The molecule has 0 amide bonds. The lowest BCUT2D eigenvalue weighted by molar-refractivity contribution is 0.174. The van der Waals surface area contributed by atoms with Gasteiger partial charge >= 0.3 is 0 Å². The molecular formula is C25H28BrNO3. The molecule has 3 aromatic rings. The fourth-order valence-corrected chi connectivity index (χ4v) is 3.80. The van der Waals surface area contributed by atoms with Crippen LogP contribution in [0.5, 0.6) is 11.5 Å². The summed E-state index contributed by atoms with van der Waals surface area (Å²) in [5, 5.41) is 13.6. The van der Waals surface area contributed by atoms with E-state index in [4.69, 9.17) is 9.47 Å². The Morgan fingerprint density at radius 1 is 1.00 bits per heavy atom. The topological polar surface area (TPSA) is 50.7 Å². The summed E-state index contributed by atoms with van der Waals surface area (Å²) in [6.07, 6.45) is -0.544. The number of rotatable bonds is 10. The summed E-state index contributed by atoms with van der Waals surface area (Å²) in [6.45, 7) is 6.15. The van der Waals surface area contributed by atoms with E-state index in [0.29, 0.717) is 37.8 Å². The van der Waals surface area contributed by atoms with Crippen LogP contribution in [0, 0.1) is 6.92 Å². The lowest BCUT2D eigenvalue weighted by Gasteiger charge is -2.17. The minimum absolute atomic E-state index is 0.469. The first-order chi connectivity index (χ1) is 14.6. The molecule has 2 N–H and O–H groups in total. The number of benzene rings is 3. The van der Waals surface area contributed by atoms with Crippen molar-refractivity contribution in [2.24, 2.45) is 0 Å². The van der Waals surface area contributed by atoms with E-state index in [-0.39, 0.29) is 0 Å². The smallest absolute Gasteiger partial charge is 0.175 e. The average Bonchev–Trinajstić information content (AvgIpc) is 2.75. The number of hydrogen-bond donors (Lipinski definition) is 2. The Morgan fingerprint density at radius 3 is 2.47 bits per heavy atom. The van der Waals surface area contributed by atoms with Crippen LogP contribution in [0.2, 0.25) is 0 Å². The quantitative estimate of drug-likeness (QED) is 0.408. The average molecular weight is 470 g/mol. The van der Waals surface area contributed by atoms with Crippen LogP contribution in [0.4, 0.5) is 0 Å². The maximum atomic E-state index is 10.3. The van der Waals surface area contributed by atoms with Gasteiger partial charge in [-0.25, -0.2) is 0 Å². The maximum absolute atomic E-state index is 10.3. The third kappa shape index (κ3) is 6.08. The molecule has 1 atom stereocenters. The van der Waals surface area contributed by atoms with E-state index < -0.39 is 6.10 Å². The Bertz CT molecular complexity index is 946. The normalized spacial score (nSPS) is 11.9. The summed E-state index contributed by atoms with van der Waals surface area (Å²) < 4.78 is 12.8. The number of aryl methyl sites for hydroxylation is 1. The van der Waals surface area contributed by atoms with Crippen molar-refractivity contribution in [2.75, 3.05) is 13.2 Å². The minimum atomic E-state index is -0.544. The second-order valence-electron chi connectivity index (χ2n) is 7.11.